The molecule has 2 aromatic carbocycles. The molecular formula is C34H34F2N6O4. The lowest BCUT2D eigenvalue weighted by Gasteiger charge is -2.34. The largest absolute Gasteiger partial charge is 0.471 e. The third-order valence-electron chi connectivity index (χ3n) is 10.0. The summed E-state index contributed by atoms with van der Waals surface area (Å²) in [5.74, 6) is -0.777. The van der Waals surface area contributed by atoms with Gasteiger partial charge in [0.05, 0.1) is 48.1 Å². The number of halogens is 2. The van der Waals surface area contributed by atoms with Crippen LogP contribution in [-0.2, 0) is 29.7 Å². The number of aromatic nitrogens is 5. The van der Waals surface area contributed by atoms with Crippen LogP contribution in [-0.4, -0.2) is 63.2 Å². The summed E-state index contributed by atoms with van der Waals surface area (Å²) in [7, 11) is 3.23. The number of pyridine rings is 1. The molecule has 5 aromatic rings. The molecular weight excluding hydrogens is 594 g/mol. The maximum absolute atomic E-state index is 15.1. The Morgan fingerprint density at radius 1 is 1.07 bits per heavy atom. The molecule has 2 atom stereocenters. The molecule has 0 N–H and O–H groups in total. The van der Waals surface area contributed by atoms with Crippen molar-refractivity contribution in [3.63, 3.8) is 0 Å². The number of piperidine rings is 1. The van der Waals surface area contributed by atoms with Crippen LogP contribution in [0.1, 0.15) is 53.3 Å². The third kappa shape index (κ3) is 4.95. The van der Waals surface area contributed by atoms with E-state index in [0.29, 0.717) is 25.2 Å². The number of aryl methyl sites for hydroxylation is 1. The van der Waals surface area contributed by atoms with Gasteiger partial charge in [0.15, 0.2) is 17.5 Å². The number of fused-ring (bicyclic) bond motifs is 2. The van der Waals surface area contributed by atoms with Gasteiger partial charge in [-0.05, 0) is 60.9 Å². The number of ether oxygens (including phenoxy) is 3. The second-order valence-corrected chi connectivity index (χ2v) is 12.7. The lowest BCUT2D eigenvalue weighted by Crippen LogP contribution is -2.36. The van der Waals surface area contributed by atoms with E-state index in [1.54, 1.807) is 16.9 Å². The maximum atomic E-state index is 15.1. The third-order valence-corrected chi connectivity index (χ3v) is 10.0. The molecule has 8 rings (SSSR count). The fraction of sp³-hybridized carbons (Fsp3) is 0.412. The quantitative estimate of drug-likeness (QED) is 0.207. The lowest BCUT2D eigenvalue weighted by molar-refractivity contribution is -0.0590. The number of hydrogen-bond donors (Lipinski definition) is 0. The van der Waals surface area contributed by atoms with Crippen molar-refractivity contribution < 1.29 is 27.8 Å². The predicted octanol–water partition coefficient (Wildman–Crippen LogP) is 5.52. The van der Waals surface area contributed by atoms with Crippen LogP contribution in [0, 0.1) is 17.0 Å². The number of esters is 1. The van der Waals surface area contributed by atoms with Crippen LogP contribution in [0.5, 0.6) is 5.88 Å². The number of hydrogen-bond acceptors (Lipinski definition) is 8. The van der Waals surface area contributed by atoms with Gasteiger partial charge < -0.3 is 23.7 Å². The summed E-state index contributed by atoms with van der Waals surface area (Å²) in [6, 6.07) is 12.1. The van der Waals surface area contributed by atoms with Crippen molar-refractivity contribution in [2.45, 2.75) is 50.9 Å². The first kappa shape index (κ1) is 28.9. The highest BCUT2D eigenvalue weighted by molar-refractivity contribution is 5.93. The fourth-order valence-corrected chi connectivity index (χ4v) is 7.10. The minimum Gasteiger partial charge on any atom is -0.471 e. The number of rotatable bonds is 8. The van der Waals surface area contributed by atoms with Crippen LogP contribution in [0.25, 0.3) is 21.9 Å². The monoisotopic (exact) mass is 628 g/mol. The molecule has 2 saturated heterocycles. The summed E-state index contributed by atoms with van der Waals surface area (Å²) < 4.78 is 50.3. The lowest BCUT2D eigenvalue weighted by atomic mass is 9.90. The molecule has 1 saturated carbocycles. The zero-order valence-corrected chi connectivity index (χ0v) is 25.7. The number of carbonyl (C=O) groups excluding carboxylic acids is 1. The molecule has 1 spiro atoms. The van der Waals surface area contributed by atoms with E-state index < -0.39 is 11.6 Å². The summed E-state index contributed by atoms with van der Waals surface area (Å²) in [6.07, 6.45) is 5.52. The van der Waals surface area contributed by atoms with Gasteiger partial charge in [-0.25, -0.2) is 18.6 Å². The highest BCUT2D eigenvalue weighted by Gasteiger charge is 2.57. The Hall–Kier alpha value is -4.58. The molecule has 1 unspecified atom stereocenters. The highest BCUT2D eigenvalue weighted by atomic mass is 19.1. The molecule has 5 heterocycles. The second kappa shape index (κ2) is 11.0. The van der Waals surface area contributed by atoms with E-state index in [4.69, 9.17) is 19.2 Å². The van der Waals surface area contributed by atoms with E-state index in [1.807, 2.05) is 42.3 Å². The maximum Gasteiger partial charge on any atom is 0.337 e. The van der Waals surface area contributed by atoms with Crippen LogP contribution in [0.3, 0.4) is 0 Å². The fourth-order valence-electron chi connectivity index (χ4n) is 7.10. The van der Waals surface area contributed by atoms with E-state index in [2.05, 4.69) is 14.6 Å². The second-order valence-electron chi connectivity index (χ2n) is 12.7. The van der Waals surface area contributed by atoms with Crippen molar-refractivity contribution in [1.82, 2.24) is 24.3 Å². The first-order valence-corrected chi connectivity index (χ1v) is 15.7. The molecule has 0 bridgehead atoms. The van der Waals surface area contributed by atoms with Gasteiger partial charge in [0.2, 0.25) is 0 Å². The van der Waals surface area contributed by atoms with Crippen molar-refractivity contribution in [3.05, 3.63) is 77.2 Å². The summed E-state index contributed by atoms with van der Waals surface area (Å²) in [5, 5.41) is 5.25. The molecule has 3 aromatic heterocycles. The van der Waals surface area contributed by atoms with E-state index in [1.165, 1.54) is 7.11 Å². The molecule has 46 heavy (non-hydrogen) atoms. The molecule has 3 fully saturated rings. The van der Waals surface area contributed by atoms with Gasteiger partial charge in [-0.1, -0.05) is 12.1 Å². The molecule has 2 aliphatic heterocycles. The minimum absolute atomic E-state index is 0.0432. The zero-order valence-electron chi connectivity index (χ0n) is 25.7. The van der Waals surface area contributed by atoms with Crippen LogP contribution >= 0.6 is 0 Å². The number of benzene rings is 2. The molecule has 10 nitrogen and oxygen atoms in total. The van der Waals surface area contributed by atoms with Gasteiger partial charge in [-0.2, -0.15) is 10.1 Å². The van der Waals surface area contributed by atoms with E-state index >= 15 is 4.39 Å². The highest BCUT2D eigenvalue weighted by Crippen LogP contribution is 2.65. The smallest absolute Gasteiger partial charge is 0.337 e. The minimum atomic E-state index is -0.830. The number of carbonyl (C=O) groups is 1. The summed E-state index contributed by atoms with van der Waals surface area (Å²) in [4.78, 5) is 23.5. The van der Waals surface area contributed by atoms with Crippen molar-refractivity contribution >= 4 is 33.7 Å². The number of anilines is 1. The molecule has 3 aliphatic rings. The molecule has 12 heteroatoms. The summed E-state index contributed by atoms with van der Waals surface area (Å²) in [6.45, 7) is 2.70. The van der Waals surface area contributed by atoms with Crippen molar-refractivity contribution in [2.75, 3.05) is 31.7 Å². The van der Waals surface area contributed by atoms with Gasteiger partial charge in [0.25, 0.3) is 5.88 Å². The van der Waals surface area contributed by atoms with Crippen LogP contribution in [0.15, 0.2) is 48.7 Å². The predicted molar refractivity (Wildman–Crippen MR) is 166 cm³/mol. The van der Waals surface area contributed by atoms with E-state index in [9.17, 15) is 9.18 Å². The average Bonchev–Trinajstić information content (AvgIpc) is 3.41. The summed E-state index contributed by atoms with van der Waals surface area (Å²) in [5.41, 5.74) is 4.04. The zero-order chi connectivity index (χ0) is 31.6. The van der Waals surface area contributed by atoms with Crippen molar-refractivity contribution in [1.29, 1.82) is 0 Å². The molecule has 0 radical (unpaired) electrons. The van der Waals surface area contributed by atoms with Gasteiger partial charge in [-0.3, -0.25) is 4.68 Å². The molecule has 0 amide bonds. The van der Waals surface area contributed by atoms with Crippen molar-refractivity contribution in [3.8, 4) is 5.88 Å². The Bertz CT molecular complexity index is 1980. The summed E-state index contributed by atoms with van der Waals surface area (Å²) >= 11 is 0. The average molecular weight is 629 g/mol. The SMILES string of the molecule is COC(=O)c1ccc2nc(C3CC34CCN(c3nc(OCc5ccc6cnn(C)c6c5)c(F)cc3F)CC4)n(C[C@@H]3CCO3)c2c1. The van der Waals surface area contributed by atoms with E-state index in [0.717, 1.165) is 71.7 Å². The normalized spacial score (nSPS) is 20.3. The Morgan fingerprint density at radius 3 is 2.65 bits per heavy atom. The first-order valence-electron chi connectivity index (χ1n) is 15.7. The molecule has 1 aliphatic carbocycles. The Balaban J connectivity index is 0.989. The van der Waals surface area contributed by atoms with Gasteiger partial charge in [0.1, 0.15) is 12.4 Å². The number of methoxy groups -OCH3 is 1. The van der Waals surface area contributed by atoms with Gasteiger partial charge in [-0.15, -0.1) is 0 Å². The Morgan fingerprint density at radius 2 is 1.89 bits per heavy atom. The first-order chi connectivity index (χ1) is 22.3. The topological polar surface area (TPSA) is 96.5 Å². The molecule has 238 valence electrons. The standard InChI is InChI=1S/C34H34F2N6O4/c1-40-28-13-20(3-4-22(28)17-37-40)19-46-32-26(36)15-25(35)31(39-32)41-10-8-34(9-11-41)16-24(34)30-38-27-6-5-21(33(43)44-2)14-29(27)42(30)18-23-7-12-45-23/h3-6,13-15,17,23-24H,7-12,16,18-19H2,1-2H3/t23-,24?/m0/s1. The van der Waals surface area contributed by atoms with Crippen LogP contribution < -0.4 is 9.64 Å². The van der Waals surface area contributed by atoms with Crippen molar-refractivity contribution in [2.24, 2.45) is 12.5 Å². The van der Waals surface area contributed by atoms with E-state index in [-0.39, 0.29) is 41.7 Å². The van der Waals surface area contributed by atoms with Gasteiger partial charge >= 0.3 is 5.97 Å². The Labute approximate surface area is 263 Å². The van der Waals surface area contributed by atoms with Gasteiger partial charge in [0, 0.05) is 44.1 Å². The number of imidazole rings is 1. The number of nitrogens with zero attached hydrogens (tertiary/aromatic N) is 6. The van der Waals surface area contributed by atoms with Crippen LogP contribution in [0.2, 0.25) is 0 Å². The van der Waals surface area contributed by atoms with Crippen LogP contribution in [0.4, 0.5) is 14.6 Å². The Kier molecular flexibility index (Phi) is 6.93.